The van der Waals surface area contributed by atoms with Crippen molar-refractivity contribution in [2.75, 3.05) is 49.2 Å². The number of anilines is 2. The standard InChI is InChI=1S/C33H36F3N7O4/c1-33(2,3)47-32(45)43(30(44)21-7-6-12-37-19-21)26-17-20(10-11-22(26)34)24-18-27(41-13-15-46-16-14-41)40-31(39-24)42-25-9-5-4-8-23(25)38-29(42)28(35)36/h4-5,8-11,17-18,21,28,37H,6-7,12-16,19H2,1-3H3/t21-/m1/s1. The maximum absolute atomic E-state index is 15.7. The average molecular weight is 652 g/mol. The number of morpholine rings is 1. The molecule has 6 rings (SSSR count). The molecule has 2 aromatic heterocycles. The number of rotatable bonds is 6. The number of imidazole rings is 1. The number of alkyl halides is 2. The number of imide groups is 1. The Morgan fingerprint density at radius 2 is 1.83 bits per heavy atom. The lowest BCUT2D eigenvalue weighted by atomic mass is 9.97. The van der Waals surface area contributed by atoms with E-state index >= 15 is 4.39 Å². The van der Waals surface area contributed by atoms with Crippen LogP contribution in [0.3, 0.4) is 0 Å². The number of nitrogens with one attached hydrogen (secondary N) is 1. The first kappa shape index (κ1) is 32.4. The van der Waals surface area contributed by atoms with Crippen LogP contribution in [0.1, 0.15) is 45.9 Å². The van der Waals surface area contributed by atoms with Crippen molar-refractivity contribution in [3.05, 3.63) is 60.2 Å². The molecule has 0 saturated carbocycles. The Morgan fingerprint density at radius 1 is 1.06 bits per heavy atom. The van der Waals surface area contributed by atoms with Crippen LogP contribution in [-0.4, -0.2) is 76.5 Å². The van der Waals surface area contributed by atoms with Crippen molar-refractivity contribution in [2.24, 2.45) is 5.92 Å². The molecule has 0 unspecified atom stereocenters. The fraction of sp³-hybridized carbons (Fsp3) is 0.424. The lowest BCUT2D eigenvalue weighted by Crippen LogP contribution is -2.48. The van der Waals surface area contributed by atoms with Crippen LogP contribution in [0.5, 0.6) is 0 Å². The number of ether oxygens (including phenoxy) is 2. The Labute approximate surface area is 269 Å². The SMILES string of the molecule is CC(C)(C)OC(=O)N(C(=O)[C@@H]1CCCNC1)c1cc(-c2cc(N3CCOCC3)nc(-n3c(C(F)F)nc4ccccc43)n2)ccc1F. The zero-order valence-electron chi connectivity index (χ0n) is 26.4. The number of carbonyl (C=O) groups is 2. The second kappa shape index (κ2) is 13.3. The topological polar surface area (TPSA) is 115 Å². The van der Waals surface area contributed by atoms with Crippen LogP contribution in [-0.2, 0) is 14.3 Å². The van der Waals surface area contributed by atoms with Crippen LogP contribution in [0, 0.1) is 11.7 Å². The van der Waals surface area contributed by atoms with Crippen molar-refractivity contribution in [3.8, 4) is 17.2 Å². The predicted octanol–water partition coefficient (Wildman–Crippen LogP) is 5.66. The lowest BCUT2D eigenvalue weighted by molar-refractivity contribution is -0.122. The molecule has 0 bridgehead atoms. The average Bonchev–Trinajstić information content (AvgIpc) is 3.46. The van der Waals surface area contributed by atoms with E-state index < -0.39 is 41.6 Å². The smallest absolute Gasteiger partial charge is 0.421 e. The third-order valence-corrected chi connectivity index (χ3v) is 7.94. The molecule has 2 aliphatic rings. The molecule has 2 saturated heterocycles. The van der Waals surface area contributed by atoms with Gasteiger partial charge in [0, 0.05) is 31.3 Å². The molecular formula is C33H36F3N7O4. The predicted molar refractivity (Wildman–Crippen MR) is 169 cm³/mol. The highest BCUT2D eigenvalue weighted by Crippen LogP contribution is 2.33. The second-order valence-corrected chi connectivity index (χ2v) is 12.5. The number of para-hydroxylation sites is 2. The van der Waals surface area contributed by atoms with Gasteiger partial charge in [0.15, 0.2) is 5.82 Å². The molecule has 2 aromatic carbocycles. The Bertz CT molecular complexity index is 1780. The molecule has 2 amide bonds. The number of amides is 2. The summed E-state index contributed by atoms with van der Waals surface area (Å²) in [6, 6.07) is 12.3. The molecule has 2 aliphatic heterocycles. The first-order valence-corrected chi connectivity index (χ1v) is 15.6. The first-order chi connectivity index (χ1) is 22.5. The van der Waals surface area contributed by atoms with Crippen LogP contribution in [0.4, 0.5) is 29.5 Å². The van der Waals surface area contributed by atoms with Gasteiger partial charge in [0.2, 0.25) is 11.9 Å². The van der Waals surface area contributed by atoms with E-state index in [1.54, 1.807) is 51.1 Å². The summed E-state index contributed by atoms with van der Waals surface area (Å²) in [6.45, 7) is 7.91. The molecule has 0 radical (unpaired) electrons. The molecule has 11 nitrogen and oxygen atoms in total. The molecule has 1 atom stereocenters. The van der Waals surface area contributed by atoms with E-state index in [2.05, 4.69) is 20.3 Å². The van der Waals surface area contributed by atoms with Gasteiger partial charge >= 0.3 is 6.09 Å². The summed E-state index contributed by atoms with van der Waals surface area (Å²) in [4.78, 5) is 43.5. The summed E-state index contributed by atoms with van der Waals surface area (Å²) in [5.74, 6) is -2.14. The fourth-order valence-electron chi connectivity index (χ4n) is 5.73. The Hall–Kier alpha value is -4.56. The van der Waals surface area contributed by atoms with Crippen molar-refractivity contribution < 1.29 is 32.2 Å². The van der Waals surface area contributed by atoms with E-state index in [-0.39, 0.29) is 17.3 Å². The highest BCUT2D eigenvalue weighted by Gasteiger charge is 2.36. The lowest BCUT2D eigenvalue weighted by Gasteiger charge is -2.31. The normalized spacial score (nSPS) is 17.3. The van der Waals surface area contributed by atoms with Crippen LogP contribution >= 0.6 is 0 Å². The zero-order valence-corrected chi connectivity index (χ0v) is 26.4. The van der Waals surface area contributed by atoms with Gasteiger partial charge in [0.25, 0.3) is 6.43 Å². The molecule has 2 fully saturated rings. The van der Waals surface area contributed by atoms with E-state index in [1.165, 1.54) is 16.7 Å². The minimum absolute atomic E-state index is 0.0628. The Morgan fingerprint density at radius 3 is 2.53 bits per heavy atom. The zero-order chi connectivity index (χ0) is 33.3. The summed E-state index contributed by atoms with van der Waals surface area (Å²) in [5.41, 5.74) is 0.0474. The number of piperidine rings is 1. The molecule has 14 heteroatoms. The molecule has 1 N–H and O–H groups in total. The highest BCUT2D eigenvalue weighted by molar-refractivity contribution is 6.13. The minimum atomic E-state index is -2.93. The van der Waals surface area contributed by atoms with Crippen molar-refractivity contribution in [2.45, 2.75) is 45.6 Å². The van der Waals surface area contributed by atoms with E-state index in [0.29, 0.717) is 61.7 Å². The summed E-state index contributed by atoms with van der Waals surface area (Å²) in [5, 5.41) is 3.16. The van der Waals surface area contributed by atoms with Crippen molar-refractivity contribution in [3.63, 3.8) is 0 Å². The third kappa shape index (κ3) is 6.93. The largest absolute Gasteiger partial charge is 0.443 e. The van der Waals surface area contributed by atoms with E-state index in [4.69, 9.17) is 9.47 Å². The van der Waals surface area contributed by atoms with Crippen LogP contribution in [0.15, 0.2) is 48.5 Å². The van der Waals surface area contributed by atoms with Gasteiger partial charge in [-0.15, -0.1) is 0 Å². The second-order valence-electron chi connectivity index (χ2n) is 12.5. The number of fused-ring (bicyclic) bond motifs is 1. The quantitative estimate of drug-likeness (QED) is 0.282. The molecule has 47 heavy (non-hydrogen) atoms. The summed E-state index contributed by atoms with van der Waals surface area (Å²) in [6.07, 6.45) is -2.69. The van der Waals surface area contributed by atoms with Gasteiger partial charge in [-0.3, -0.25) is 9.36 Å². The monoisotopic (exact) mass is 651 g/mol. The summed E-state index contributed by atoms with van der Waals surface area (Å²) in [7, 11) is 0. The Kier molecular flexibility index (Phi) is 9.15. The van der Waals surface area contributed by atoms with E-state index in [0.717, 1.165) is 23.9 Å². The van der Waals surface area contributed by atoms with Crippen LogP contribution < -0.4 is 15.1 Å². The number of carbonyl (C=O) groups excluding carboxylic acids is 2. The fourth-order valence-corrected chi connectivity index (χ4v) is 5.73. The number of nitrogens with zero attached hydrogens (tertiary/aromatic N) is 6. The van der Waals surface area contributed by atoms with E-state index in [1.807, 2.05) is 4.90 Å². The third-order valence-electron chi connectivity index (χ3n) is 7.94. The molecule has 0 spiro atoms. The molecular weight excluding hydrogens is 615 g/mol. The first-order valence-electron chi connectivity index (χ1n) is 15.6. The van der Waals surface area contributed by atoms with Gasteiger partial charge in [-0.25, -0.2) is 32.8 Å². The van der Waals surface area contributed by atoms with Gasteiger partial charge in [0.05, 0.1) is 41.5 Å². The maximum atomic E-state index is 15.7. The van der Waals surface area contributed by atoms with Gasteiger partial charge in [-0.2, -0.15) is 4.98 Å². The van der Waals surface area contributed by atoms with E-state index in [9.17, 15) is 18.4 Å². The Balaban J connectivity index is 1.50. The van der Waals surface area contributed by atoms with Gasteiger partial charge in [-0.1, -0.05) is 12.1 Å². The maximum Gasteiger partial charge on any atom is 0.421 e. The number of hydrogen-bond acceptors (Lipinski definition) is 9. The summed E-state index contributed by atoms with van der Waals surface area (Å²) >= 11 is 0. The minimum Gasteiger partial charge on any atom is -0.443 e. The van der Waals surface area contributed by atoms with Crippen molar-refractivity contribution >= 4 is 34.5 Å². The number of hydrogen-bond donors (Lipinski definition) is 1. The highest BCUT2D eigenvalue weighted by atomic mass is 19.3. The molecule has 248 valence electrons. The van der Waals surface area contributed by atoms with Crippen molar-refractivity contribution in [1.29, 1.82) is 0 Å². The molecule has 4 heterocycles. The number of benzene rings is 2. The van der Waals surface area contributed by atoms with Gasteiger partial charge < -0.3 is 19.7 Å². The molecule has 4 aromatic rings. The van der Waals surface area contributed by atoms with Crippen LogP contribution in [0.2, 0.25) is 0 Å². The van der Waals surface area contributed by atoms with Gasteiger partial charge in [-0.05, 0) is 70.5 Å². The number of halogens is 3. The summed E-state index contributed by atoms with van der Waals surface area (Å²) < 4.78 is 56.6. The van der Waals surface area contributed by atoms with Gasteiger partial charge in [0.1, 0.15) is 17.2 Å². The van der Waals surface area contributed by atoms with Crippen molar-refractivity contribution in [1.82, 2.24) is 24.8 Å². The molecule has 0 aliphatic carbocycles. The van der Waals surface area contributed by atoms with Crippen LogP contribution in [0.25, 0.3) is 28.2 Å². The number of aromatic nitrogens is 4.